The van der Waals surface area contributed by atoms with Gasteiger partial charge in [-0.2, -0.15) is 0 Å². The first-order valence-electron chi connectivity index (χ1n) is 1.65. The topological polar surface area (TPSA) is 20.2 Å². The molecule has 0 aromatic rings. The SMILES string of the molecule is OC(Cl)(CCl)CCl. The second-order valence-corrected chi connectivity index (χ2v) is 2.42. The highest BCUT2D eigenvalue weighted by molar-refractivity contribution is 6.34. The quantitative estimate of drug-likeness (QED) is 0.610. The monoisotopic (exact) mass is 162 g/mol. The Morgan fingerprint density at radius 2 is 1.57 bits per heavy atom. The lowest BCUT2D eigenvalue weighted by atomic mass is 10.5. The fourth-order valence-electron chi connectivity index (χ4n) is 0.0357. The molecule has 0 amide bonds. The second-order valence-electron chi connectivity index (χ2n) is 1.19. The number of alkyl halides is 3. The van der Waals surface area contributed by atoms with Crippen LogP contribution in [0.5, 0.6) is 0 Å². The molecule has 4 heteroatoms. The summed E-state index contributed by atoms with van der Waals surface area (Å²) in [5.74, 6) is -0.0872. The lowest BCUT2D eigenvalue weighted by Gasteiger charge is -2.10. The van der Waals surface area contributed by atoms with E-state index in [-0.39, 0.29) is 11.8 Å². The Balaban J connectivity index is 3.36. The molecule has 0 aliphatic rings. The van der Waals surface area contributed by atoms with Crippen LogP contribution in [0.1, 0.15) is 0 Å². The molecule has 0 unspecified atom stereocenters. The highest BCUT2D eigenvalue weighted by Crippen LogP contribution is 2.13. The highest BCUT2D eigenvalue weighted by atomic mass is 35.5. The minimum Gasteiger partial charge on any atom is -0.372 e. The molecule has 0 spiro atoms. The van der Waals surface area contributed by atoms with Crippen molar-refractivity contribution in [1.29, 1.82) is 0 Å². The van der Waals surface area contributed by atoms with Gasteiger partial charge in [0.25, 0.3) is 0 Å². The largest absolute Gasteiger partial charge is 0.372 e. The summed E-state index contributed by atoms with van der Waals surface area (Å²) in [7, 11) is 0. The predicted molar refractivity (Wildman–Crippen MR) is 32.2 cm³/mol. The van der Waals surface area contributed by atoms with Gasteiger partial charge in [0.05, 0.1) is 11.8 Å². The molecule has 1 N–H and O–H groups in total. The molecule has 0 heterocycles. The zero-order valence-corrected chi connectivity index (χ0v) is 5.76. The number of hydrogen-bond donors (Lipinski definition) is 1. The van der Waals surface area contributed by atoms with Gasteiger partial charge in [0, 0.05) is 0 Å². The van der Waals surface area contributed by atoms with E-state index < -0.39 is 5.06 Å². The Hall–Kier alpha value is 0.830. The minimum absolute atomic E-state index is 0.0436. The first-order valence-corrected chi connectivity index (χ1v) is 3.10. The summed E-state index contributed by atoms with van der Waals surface area (Å²) < 4.78 is 0. The third kappa shape index (κ3) is 3.42. The molecule has 0 radical (unpaired) electrons. The van der Waals surface area contributed by atoms with Gasteiger partial charge in [0.1, 0.15) is 0 Å². The van der Waals surface area contributed by atoms with E-state index in [1.165, 1.54) is 0 Å². The van der Waals surface area contributed by atoms with E-state index in [9.17, 15) is 0 Å². The molecule has 7 heavy (non-hydrogen) atoms. The fraction of sp³-hybridized carbons (Fsp3) is 1.00. The van der Waals surface area contributed by atoms with Crippen LogP contribution in [0.4, 0.5) is 0 Å². The van der Waals surface area contributed by atoms with E-state index >= 15 is 0 Å². The van der Waals surface area contributed by atoms with E-state index in [1.54, 1.807) is 0 Å². The van der Waals surface area contributed by atoms with Gasteiger partial charge in [-0.15, -0.1) is 23.2 Å². The molecule has 0 aliphatic carbocycles. The van der Waals surface area contributed by atoms with Crippen molar-refractivity contribution in [3.63, 3.8) is 0 Å². The van der Waals surface area contributed by atoms with Gasteiger partial charge in [0.15, 0.2) is 5.06 Å². The Morgan fingerprint density at radius 1 is 1.29 bits per heavy atom. The van der Waals surface area contributed by atoms with E-state index in [0.29, 0.717) is 0 Å². The first kappa shape index (κ1) is 7.83. The van der Waals surface area contributed by atoms with Crippen molar-refractivity contribution in [2.45, 2.75) is 5.06 Å². The summed E-state index contributed by atoms with van der Waals surface area (Å²) in [6.07, 6.45) is 0. The second kappa shape index (κ2) is 2.98. The number of halogens is 3. The third-order valence-corrected chi connectivity index (χ3v) is 1.83. The highest BCUT2D eigenvalue weighted by Gasteiger charge is 2.19. The number of rotatable bonds is 2. The number of aliphatic hydroxyl groups is 1. The van der Waals surface area contributed by atoms with Crippen LogP contribution >= 0.6 is 34.8 Å². The summed E-state index contributed by atoms with van der Waals surface area (Å²) in [6.45, 7) is 0. The van der Waals surface area contributed by atoms with Crippen LogP contribution in [0.25, 0.3) is 0 Å². The maximum Gasteiger partial charge on any atom is 0.165 e. The summed E-state index contributed by atoms with van der Waals surface area (Å²) >= 11 is 15.5. The van der Waals surface area contributed by atoms with Crippen LogP contribution < -0.4 is 0 Å². The third-order valence-electron chi connectivity index (χ3n) is 0.410. The summed E-state index contributed by atoms with van der Waals surface area (Å²) in [5, 5.41) is 7.22. The van der Waals surface area contributed by atoms with Gasteiger partial charge >= 0.3 is 0 Å². The molecule has 0 saturated heterocycles. The Morgan fingerprint density at radius 3 is 1.57 bits per heavy atom. The first-order chi connectivity index (χ1) is 3.12. The minimum atomic E-state index is -1.41. The van der Waals surface area contributed by atoms with E-state index in [4.69, 9.17) is 39.9 Å². The molecule has 1 nitrogen and oxygen atoms in total. The van der Waals surface area contributed by atoms with Gasteiger partial charge in [-0.1, -0.05) is 11.6 Å². The smallest absolute Gasteiger partial charge is 0.165 e. The normalized spacial score (nSPS) is 12.0. The summed E-state index contributed by atoms with van der Waals surface area (Å²) in [5.41, 5.74) is 0. The molecular formula is C3H5Cl3O. The lowest BCUT2D eigenvalue weighted by molar-refractivity contribution is 0.177. The van der Waals surface area contributed by atoms with Crippen molar-refractivity contribution in [3.05, 3.63) is 0 Å². The Bertz CT molecular complexity index is 48.1. The van der Waals surface area contributed by atoms with Gasteiger partial charge < -0.3 is 5.11 Å². The van der Waals surface area contributed by atoms with Crippen molar-refractivity contribution >= 4 is 34.8 Å². The molecule has 44 valence electrons. The average molecular weight is 163 g/mol. The molecule has 0 aromatic carbocycles. The van der Waals surface area contributed by atoms with Crippen LogP contribution in [0.2, 0.25) is 0 Å². The zero-order valence-electron chi connectivity index (χ0n) is 3.50. The van der Waals surface area contributed by atoms with Crippen molar-refractivity contribution < 1.29 is 5.11 Å². The van der Waals surface area contributed by atoms with Gasteiger partial charge in [-0.25, -0.2) is 0 Å². The van der Waals surface area contributed by atoms with Gasteiger partial charge in [0.2, 0.25) is 0 Å². The Kier molecular flexibility index (Phi) is 3.33. The predicted octanol–water partition coefficient (Wildman–Crippen LogP) is 1.39. The molecule has 0 bridgehead atoms. The maximum atomic E-state index is 8.63. The van der Waals surface area contributed by atoms with Gasteiger partial charge in [-0.05, 0) is 0 Å². The standard InChI is InChI=1S/C3H5Cl3O/c4-1-3(6,7)2-5/h7H,1-2H2. The van der Waals surface area contributed by atoms with Crippen molar-refractivity contribution in [2.24, 2.45) is 0 Å². The molecule has 0 fully saturated rings. The molecule has 0 rings (SSSR count). The number of hydrogen-bond acceptors (Lipinski definition) is 1. The fourth-order valence-corrected chi connectivity index (χ4v) is 0.321. The van der Waals surface area contributed by atoms with Crippen LogP contribution in [0, 0.1) is 0 Å². The summed E-state index contributed by atoms with van der Waals surface area (Å²) in [4.78, 5) is 0. The van der Waals surface area contributed by atoms with Crippen molar-refractivity contribution in [2.75, 3.05) is 11.8 Å². The molecule has 0 aromatic heterocycles. The molecular weight excluding hydrogens is 158 g/mol. The van der Waals surface area contributed by atoms with E-state index in [2.05, 4.69) is 0 Å². The van der Waals surface area contributed by atoms with Crippen LogP contribution in [0.15, 0.2) is 0 Å². The van der Waals surface area contributed by atoms with Crippen molar-refractivity contribution in [3.8, 4) is 0 Å². The van der Waals surface area contributed by atoms with Crippen LogP contribution in [-0.2, 0) is 0 Å². The van der Waals surface area contributed by atoms with Crippen LogP contribution in [0.3, 0.4) is 0 Å². The Labute approximate surface area is 57.2 Å². The summed E-state index contributed by atoms with van der Waals surface area (Å²) in [6, 6.07) is 0. The van der Waals surface area contributed by atoms with Gasteiger partial charge in [-0.3, -0.25) is 0 Å². The zero-order chi connectivity index (χ0) is 5.91. The van der Waals surface area contributed by atoms with E-state index in [1.807, 2.05) is 0 Å². The maximum absolute atomic E-state index is 8.63. The average Bonchev–Trinajstić information content (AvgIpc) is 1.68. The van der Waals surface area contributed by atoms with Crippen LogP contribution in [-0.4, -0.2) is 21.9 Å². The molecule has 0 atom stereocenters. The molecule has 0 aliphatic heterocycles. The molecule has 0 saturated carbocycles. The lowest BCUT2D eigenvalue weighted by Crippen LogP contribution is -2.24. The van der Waals surface area contributed by atoms with E-state index in [0.717, 1.165) is 0 Å². The van der Waals surface area contributed by atoms with Crippen molar-refractivity contribution in [1.82, 2.24) is 0 Å².